The summed E-state index contributed by atoms with van der Waals surface area (Å²) in [5.41, 5.74) is 2.61. The summed E-state index contributed by atoms with van der Waals surface area (Å²) in [6.07, 6.45) is 3.40. The molecule has 1 N–H and O–H groups in total. The molecule has 6 heteroatoms. The summed E-state index contributed by atoms with van der Waals surface area (Å²) in [6.45, 7) is 5.75. The zero-order valence-corrected chi connectivity index (χ0v) is 14.0. The molecule has 0 unspecified atom stereocenters. The SMILES string of the molecule is Cc1c(C(=O)N2CCC3(CCNC3)CC2)nnn1-c1ccccc1. The quantitative estimate of drug-likeness (QED) is 0.914. The van der Waals surface area contributed by atoms with E-state index in [-0.39, 0.29) is 5.91 Å². The van der Waals surface area contributed by atoms with Crippen molar-refractivity contribution in [3.8, 4) is 5.69 Å². The number of hydrogen-bond donors (Lipinski definition) is 1. The number of piperidine rings is 1. The van der Waals surface area contributed by atoms with Gasteiger partial charge in [-0.05, 0) is 50.3 Å². The Labute approximate surface area is 141 Å². The average molecular weight is 325 g/mol. The zero-order chi connectivity index (χ0) is 16.6. The molecule has 24 heavy (non-hydrogen) atoms. The fraction of sp³-hybridized carbons (Fsp3) is 0.500. The first-order chi connectivity index (χ1) is 11.7. The van der Waals surface area contributed by atoms with Crippen molar-refractivity contribution < 1.29 is 4.79 Å². The Morgan fingerprint density at radius 2 is 1.92 bits per heavy atom. The number of likely N-dealkylation sites (tertiary alicyclic amines) is 1. The molecule has 3 heterocycles. The van der Waals surface area contributed by atoms with Crippen molar-refractivity contribution in [3.05, 3.63) is 41.7 Å². The van der Waals surface area contributed by atoms with Gasteiger partial charge in [0, 0.05) is 19.6 Å². The van der Waals surface area contributed by atoms with Crippen LogP contribution in [0.3, 0.4) is 0 Å². The summed E-state index contributed by atoms with van der Waals surface area (Å²) in [4.78, 5) is 14.8. The van der Waals surface area contributed by atoms with Crippen LogP contribution < -0.4 is 5.32 Å². The van der Waals surface area contributed by atoms with Crippen LogP contribution in [0.15, 0.2) is 30.3 Å². The van der Waals surface area contributed by atoms with E-state index < -0.39 is 0 Å². The van der Waals surface area contributed by atoms with Crippen LogP contribution >= 0.6 is 0 Å². The van der Waals surface area contributed by atoms with E-state index in [2.05, 4.69) is 15.6 Å². The van der Waals surface area contributed by atoms with Gasteiger partial charge in [0.25, 0.3) is 5.91 Å². The van der Waals surface area contributed by atoms with Gasteiger partial charge in [-0.1, -0.05) is 23.4 Å². The van der Waals surface area contributed by atoms with Crippen LogP contribution in [0.1, 0.15) is 35.4 Å². The van der Waals surface area contributed by atoms with Crippen molar-refractivity contribution in [2.24, 2.45) is 5.41 Å². The van der Waals surface area contributed by atoms with Crippen molar-refractivity contribution in [2.75, 3.05) is 26.2 Å². The second kappa shape index (κ2) is 6.02. The monoisotopic (exact) mass is 325 g/mol. The van der Waals surface area contributed by atoms with Crippen LogP contribution in [0.2, 0.25) is 0 Å². The Morgan fingerprint density at radius 1 is 1.17 bits per heavy atom. The molecule has 1 aromatic heterocycles. The van der Waals surface area contributed by atoms with E-state index >= 15 is 0 Å². The van der Waals surface area contributed by atoms with Crippen LogP contribution in [0.25, 0.3) is 5.69 Å². The molecule has 126 valence electrons. The van der Waals surface area contributed by atoms with E-state index in [1.54, 1.807) is 4.68 Å². The number of benzene rings is 1. The molecule has 0 saturated carbocycles. The fourth-order valence-corrected chi connectivity index (χ4v) is 3.90. The summed E-state index contributed by atoms with van der Waals surface area (Å²) in [5.74, 6) is 0.00971. The zero-order valence-electron chi connectivity index (χ0n) is 14.0. The lowest BCUT2D eigenvalue weighted by atomic mass is 9.78. The van der Waals surface area contributed by atoms with Crippen LogP contribution in [0, 0.1) is 12.3 Å². The lowest BCUT2D eigenvalue weighted by Gasteiger charge is -2.38. The van der Waals surface area contributed by atoms with Gasteiger partial charge in [-0.15, -0.1) is 5.10 Å². The van der Waals surface area contributed by atoms with Crippen molar-refractivity contribution in [1.29, 1.82) is 0 Å². The summed E-state index contributed by atoms with van der Waals surface area (Å²) in [7, 11) is 0. The Hall–Kier alpha value is -2.21. The molecule has 1 aromatic carbocycles. The van der Waals surface area contributed by atoms with Gasteiger partial charge < -0.3 is 10.2 Å². The van der Waals surface area contributed by atoms with Gasteiger partial charge in [0.1, 0.15) is 0 Å². The summed E-state index contributed by atoms with van der Waals surface area (Å²) >= 11 is 0. The van der Waals surface area contributed by atoms with Crippen LogP contribution in [0.5, 0.6) is 0 Å². The normalized spacial score (nSPS) is 19.8. The molecule has 1 amide bonds. The Bertz CT molecular complexity index is 723. The first-order valence-electron chi connectivity index (χ1n) is 8.66. The summed E-state index contributed by atoms with van der Waals surface area (Å²) in [5, 5.41) is 11.8. The highest BCUT2D eigenvalue weighted by Crippen LogP contribution is 2.37. The highest BCUT2D eigenvalue weighted by Gasteiger charge is 2.38. The van der Waals surface area contributed by atoms with E-state index in [1.807, 2.05) is 42.2 Å². The molecule has 0 bridgehead atoms. The molecular weight excluding hydrogens is 302 g/mol. The van der Waals surface area contributed by atoms with Gasteiger partial charge in [0.15, 0.2) is 5.69 Å². The minimum Gasteiger partial charge on any atom is -0.337 e. The molecule has 0 atom stereocenters. The number of aromatic nitrogens is 3. The first-order valence-corrected chi connectivity index (χ1v) is 8.66. The third-order valence-electron chi connectivity index (χ3n) is 5.54. The Morgan fingerprint density at radius 3 is 2.58 bits per heavy atom. The molecule has 2 aliphatic heterocycles. The molecule has 4 rings (SSSR count). The number of carbonyl (C=O) groups is 1. The molecule has 2 saturated heterocycles. The highest BCUT2D eigenvalue weighted by molar-refractivity contribution is 5.93. The summed E-state index contributed by atoms with van der Waals surface area (Å²) < 4.78 is 1.74. The number of nitrogens with one attached hydrogen (secondary N) is 1. The largest absolute Gasteiger partial charge is 0.337 e. The number of para-hydroxylation sites is 1. The number of nitrogens with zero attached hydrogens (tertiary/aromatic N) is 4. The summed E-state index contributed by atoms with van der Waals surface area (Å²) in [6, 6.07) is 9.81. The van der Waals surface area contributed by atoms with Gasteiger partial charge in [-0.2, -0.15) is 0 Å². The third-order valence-corrected chi connectivity index (χ3v) is 5.54. The second-order valence-electron chi connectivity index (χ2n) is 6.99. The molecule has 2 aromatic rings. The van der Waals surface area contributed by atoms with Gasteiger partial charge in [0.05, 0.1) is 11.4 Å². The van der Waals surface area contributed by atoms with Gasteiger partial charge >= 0.3 is 0 Å². The topological polar surface area (TPSA) is 63.1 Å². The highest BCUT2D eigenvalue weighted by atomic mass is 16.2. The molecular formula is C18H23N5O. The van der Waals surface area contributed by atoms with E-state index in [0.29, 0.717) is 11.1 Å². The minimum absolute atomic E-state index is 0.00971. The van der Waals surface area contributed by atoms with E-state index in [9.17, 15) is 4.79 Å². The number of rotatable bonds is 2. The maximum absolute atomic E-state index is 12.9. The molecule has 2 aliphatic rings. The third kappa shape index (κ3) is 2.60. The van der Waals surface area contributed by atoms with Gasteiger partial charge in [-0.25, -0.2) is 4.68 Å². The predicted octanol–water partition coefficient (Wildman–Crippen LogP) is 1.79. The van der Waals surface area contributed by atoms with Crippen molar-refractivity contribution in [1.82, 2.24) is 25.2 Å². The van der Waals surface area contributed by atoms with Gasteiger partial charge in [0.2, 0.25) is 0 Å². The molecule has 0 radical (unpaired) electrons. The number of amides is 1. The second-order valence-corrected chi connectivity index (χ2v) is 6.99. The van der Waals surface area contributed by atoms with Crippen LogP contribution in [-0.4, -0.2) is 52.0 Å². The lowest BCUT2D eigenvalue weighted by Crippen LogP contribution is -2.44. The van der Waals surface area contributed by atoms with Crippen LogP contribution in [0.4, 0.5) is 0 Å². The molecule has 6 nitrogen and oxygen atoms in total. The van der Waals surface area contributed by atoms with E-state index in [0.717, 1.165) is 50.4 Å². The standard InChI is InChI=1S/C18H23N5O/c1-14-16(20-21-23(14)15-5-3-2-4-6-15)17(24)22-11-8-18(9-12-22)7-10-19-13-18/h2-6,19H,7-13H2,1H3. The van der Waals surface area contributed by atoms with Crippen molar-refractivity contribution in [2.45, 2.75) is 26.2 Å². The Balaban J connectivity index is 1.50. The number of hydrogen-bond acceptors (Lipinski definition) is 4. The smallest absolute Gasteiger partial charge is 0.276 e. The van der Waals surface area contributed by atoms with E-state index in [4.69, 9.17) is 0 Å². The lowest BCUT2D eigenvalue weighted by molar-refractivity contribution is 0.0601. The van der Waals surface area contributed by atoms with Gasteiger partial charge in [-0.3, -0.25) is 4.79 Å². The predicted molar refractivity (Wildman–Crippen MR) is 91.2 cm³/mol. The van der Waals surface area contributed by atoms with Crippen molar-refractivity contribution in [3.63, 3.8) is 0 Å². The van der Waals surface area contributed by atoms with E-state index in [1.165, 1.54) is 6.42 Å². The molecule has 0 aliphatic carbocycles. The first kappa shape index (κ1) is 15.3. The maximum atomic E-state index is 12.9. The Kier molecular flexibility index (Phi) is 3.84. The number of carbonyl (C=O) groups excluding carboxylic acids is 1. The maximum Gasteiger partial charge on any atom is 0.276 e. The molecule has 2 fully saturated rings. The van der Waals surface area contributed by atoms with Crippen molar-refractivity contribution >= 4 is 5.91 Å². The minimum atomic E-state index is 0.00971. The fourth-order valence-electron chi connectivity index (χ4n) is 3.90. The molecule has 1 spiro atoms. The van der Waals surface area contributed by atoms with Crippen LogP contribution in [-0.2, 0) is 0 Å². The average Bonchev–Trinajstić information content (AvgIpc) is 3.23.